The van der Waals surface area contributed by atoms with Crippen LogP contribution in [0.3, 0.4) is 0 Å². The van der Waals surface area contributed by atoms with Gasteiger partial charge in [-0.3, -0.25) is 29.9 Å². The number of amides is 3. The second kappa shape index (κ2) is 11.3. The molecule has 15 nitrogen and oxygen atoms in total. The van der Waals surface area contributed by atoms with Gasteiger partial charge in [0, 0.05) is 18.2 Å². The number of nitrogens with zero attached hydrogens (tertiary/aromatic N) is 3. The molecule has 3 aromatic rings. The molecule has 1 aromatic heterocycles. The number of urea groups is 1. The molecule has 3 amide bonds. The van der Waals surface area contributed by atoms with Crippen molar-refractivity contribution in [2.24, 2.45) is 0 Å². The standard InChI is InChI=1S/C25H20N4O11/c1-37-21-11-15(10-19(29(35)36)22(21)39-13-14-3-5-16(6-4-14)28(33)34)9-18-23(30)27(25(32)26-18)12-17-7-8-20(40-17)24(31)38-2/h3-11H,12-13H2,1-2H3,(H,26,32)/b18-9-. The highest BCUT2D eigenvalue weighted by Crippen LogP contribution is 2.39. The number of hydrogen-bond acceptors (Lipinski definition) is 11. The van der Waals surface area contributed by atoms with Gasteiger partial charge in [0.2, 0.25) is 11.5 Å². The smallest absolute Gasteiger partial charge is 0.373 e. The summed E-state index contributed by atoms with van der Waals surface area (Å²) >= 11 is 0. The zero-order valence-corrected chi connectivity index (χ0v) is 20.9. The van der Waals surface area contributed by atoms with Crippen molar-refractivity contribution in [1.82, 2.24) is 10.2 Å². The molecular formula is C25H20N4O11. The van der Waals surface area contributed by atoms with Gasteiger partial charge in [-0.1, -0.05) is 0 Å². The van der Waals surface area contributed by atoms with E-state index in [0.717, 1.165) is 11.0 Å². The van der Waals surface area contributed by atoms with E-state index in [2.05, 4.69) is 10.1 Å². The van der Waals surface area contributed by atoms with Crippen LogP contribution in [0, 0.1) is 20.2 Å². The maximum absolute atomic E-state index is 12.9. The molecule has 1 aliphatic rings. The summed E-state index contributed by atoms with van der Waals surface area (Å²) in [7, 11) is 2.45. The number of methoxy groups -OCH3 is 2. The van der Waals surface area contributed by atoms with E-state index in [1.807, 2.05) is 0 Å². The van der Waals surface area contributed by atoms with Crippen LogP contribution in [0.5, 0.6) is 11.5 Å². The normalized spacial score (nSPS) is 13.8. The number of nitro groups is 2. The Morgan fingerprint density at radius 1 is 1.05 bits per heavy atom. The van der Waals surface area contributed by atoms with Crippen LogP contribution in [0.4, 0.5) is 16.2 Å². The van der Waals surface area contributed by atoms with Crippen LogP contribution in [0.2, 0.25) is 0 Å². The number of rotatable bonds is 10. The Morgan fingerprint density at radius 3 is 2.40 bits per heavy atom. The first-order chi connectivity index (χ1) is 19.1. The van der Waals surface area contributed by atoms with Gasteiger partial charge in [0.25, 0.3) is 11.6 Å². The average Bonchev–Trinajstić information content (AvgIpc) is 3.51. The summed E-state index contributed by atoms with van der Waals surface area (Å²) in [6.07, 6.45) is 1.23. The monoisotopic (exact) mass is 552 g/mol. The number of ether oxygens (including phenoxy) is 3. The van der Waals surface area contributed by atoms with E-state index >= 15 is 0 Å². The quantitative estimate of drug-likeness (QED) is 0.127. The first-order valence-electron chi connectivity index (χ1n) is 11.4. The number of non-ortho nitro benzene ring substituents is 1. The average molecular weight is 552 g/mol. The van der Waals surface area contributed by atoms with Gasteiger partial charge in [0.1, 0.15) is 18.1 Å². The molecular weight excluding hydrogens is 532 g/mol. The van der Waals surface area contributed by atoms with Gasteiger partial charge >= 0.3 is 17.7 Å². The Labute approximate surface area is 224 Å². The summed E-state index contributed by atoms with van der Waals surface area (Å²) in [5.41, 5.74) is -0.0919. The molecule has 0 unspecified atom stereocenters. The topological polar surface area (TPSA) is 194 Å². The Balaban J connectivity index is 1.56. The van der Waals surface area contributed by atoms with Crippen molar-refractivity contribution in [1.29, 1.82) is 0 Å². The molecule has 0 atom stereocenters. The highest BCUT2D eigenvalue weighted by molar-refractivity contribution is 6.13. The van der Waals surface area contributed by atoms with E-state index in [4.69, 9.17) is 13.9 Å². The molecule has 0 spiro atoms. The van der Waals surface area contributed by atoms with E-state index in [-0.39, 0.29) is 53.1 Å². The van der Waals surface area contributed by atoms with Gasteiger partial charge in [0.05, 0.1) is 30.6 Å². The van der Waals surface area contributed by atoms with Crippen molar-refractivity contribution >= 4 is 35.4 Å². The number of nitro benzene ring substituents is 2. The summed E-state index contributed by atoms with van der Waals surface area (Å²) in [4.78, 5) is 59.2. The lowest BCUT2D eigenvalue weighted by atomic mass is 10.1. The molecule has 4 rings (SSSR count). The molecule has 0 aliphatic carbocycles. The van der Waals surface area contributed by atoms with E-state index in [0.29, 0.717) is 5.56 Å². The number of nitrogens with one attached hydrogen (secondary N) is 1. The number of esters is 1. The van der Waals surface area contributed by atoms with Gasteiger partial charge in [-0.05, 0) is 47.5 Å². The second-order valence-electron chi connectivity index (χ2n) is 8.18. The molecule has 1 aliphatic heterocycles. The molecule has 0 saturated carbocycles. The Hall–Kier alpha value is -5.73. The number of benzene rings is 2. The van der Waals surface area contributed by atoms with Gasteiger partial charge in [0.15, 0.2) is 5.75 Å². The summed E-state index contributed by atoms with van der Waals surface area (Å²) in [6.45, 7) is -0.429. The van der Waals surface area contributed by atoms with Crippen LogP contribution in [0.1, 0.15) is 27.4 Å². The van der Waals surface area contributed by atoms with Crippen LogP contribution in [-0.4, -0.2) is 46.9 Å². The van der Waals surface area contributed by atoms with E-state index in [1.165, 1.54) is 62.8 Å². The minimum absolute atomic E-state index is 0.0254. The predicted molar refractivity (Wildman–Crippen MR) is 134 cm³/mol. The third kappa shape index (κ3) is 5.72. The number of carbonyl (C=O) groups excluding carboxylic acids is 3. The van der Waals surface area contributed by atoms with Gasteiger partial charge < -0.3 is 23.9 Å². The third-order valence-electron chi connectivity index (χ3n) is 5.64. The number of hydrogen-bond donors (Lipinski definition) is 1. The van der Waals surface area contributed by atoms with Crippen molar-refractivity contribution in [3.05, 3.63) is 97.1 Å². The lowest BCUT2D eigenvalue weighted by Crippen LogP contribution is -2.30. The Kier molecular flexibility index (Phi) is 7.74. The lowest BCUT2D eigenvalue weighted by Gasteiger charge is -2.12. The minimum atomic E-state index is -0.767. The zero-order chi connectivity index (χ0) is 29.0. The lowest BCUT2D eigenvalue weighted by molar-refractivity contribution is -0.386. The van der Waals surface area contributed by atoms with Gasteiger partial charge in [-0.25, -0.2) is 9.59 Å². The van der Waals surface area contributed by atoms with E-state index < -0.39 is 33.4 Å². The molecule has 40 heavy (non-hydrogen) atoms. The van der Waals surface area contributed by atoms with Crippen molar-refractivity contribution in [2.75, 3.05) is 14.2 Å². The maximum Gasteiger partial charge on any atom is 0.373 e. The predicted octanol–water partition coefficient (Wildman–Crippen LogP) is 3.56. The Morgan fingerprint density at radius 2 is 1.77 bits per heavy atom. The molecule has 0 radical (unpaired) electrons. The molecule has 1 saturated heterocycles. The molecule has 206 valence electrons. The van der Waals surface area contributed by atoms with Crippen LogP contribution in [0.25, 0.3) is 6.08 Å². The van der Waals surface area contributed by atoms with Crippen molar-refractivity contribution < 1.29 is 42.9 Å². The fraction of sp³-hybridized carbons (Fsp3) is 0.160. The van der Waals surface area contributed by atoms with Crippen LogP contribution >= 0.6 is 0 Å². The number of imide groups is 1. The fourth-order valence-electron chi connectivity index (χ4n) is 3.70. The van der Waals surface area contributed by atoms with Crippen molar-refractivity contribution in [3.63, 3.8) is 0 Å². The molecule has 2 heterocycles. The Bertz CT molecular complexity index is 1540. The number of furan rings is 1. The van der Waals surface area contributed by atoms with E-state index in [1.54, 1.807) is 0 Å². The van der Waals surface area contributed by atoms with Crippen LogP contribution < -0.4 is 14.8 Å². The first kappa shape index (κ1) is 27.3. The van der Waals surface area contributed by atoms with Crippen LogP contribution in [0.15, 0.2) is 58.6 Å². The molecule has 1 N–H and O–H groups in total. The third-order valence-corrected chi connectivity index (χ3v) is 5.64. The second-order valence-corrected chi connectivity index (χ2v) is 8.18. The van der Waals surface area contributed by atoms with Crippen LogP contribution in [-0.2, 0) is 22.7 Å². The van der Waals surface area contributed by atoms with E-state index in [9.17, 15) is 34.6 Å². The van der Waals surface area contributed by atoms with Gasteiger partial charge in [-0.2, -0.15) is 0 Å². The first-order valence-corrected chi connectivity index (χ1v) is 11.4. The molecule has 0 bridgehead atoms. The summed E-state index contributed by atoms with van der Waals surface area (Å²) in [5.74, 6) is -1.63. The maximum atomic E-state index is 12.9. The van der Waals surface area contributed by atoms with Crippen molar-refractivity contribution in [2.45, 2.75) is 13.2 Å². The SMILES string of the molecule is COC(=O)c1ccc(CN2C(=O)N/C(=C\c3cc(OC)c(OCc4ccc([N+](=O)[O-])cc4)c([N+](=O)[O-])c3)C2=O)o1. The molecule has 2 aromatic carbocycles. The zero-order valence-electron chi connectivity index (χ0n) is 20.9. The summed E-state index contributed by atoms with van der Waals surface area (Å²) < 4.78 is 20.8. The minimum Gasteiger partial charge on any atom is -0.493 e. The number of carbonyl (C=O) groups is 3. The highest BCUT2D eigenvalue weighted by Gasteiger charge is 2.35. The largest absolute Gasteiger partial charge is 0.493 e. The van der Waals surface area contributed by atoms with Crippen molar-refractivity contribution in [3.8, 4) is 11.5 Å². The molecule has 15 heteroatoms. The van der Waals surface area contributed by atoms with Gasteiger partial charge in [-0.15, -0.1) is 0 Å². The highest BCUT2D eigenvalue weighted by atomic mass is 16.6. The summed E-state index contributed by atoms with van der Waals surface area (Å²) in [6, 6.07) is 9.96. The fourth-order valence-corrected chi connectivity index (χ4v) is 3.70. The summed E-state index contributed by atoms with van der Waals surface area (Å²) in [5, 5.41) is 25.1. The molecule has 1 fully saturated rings.